The average molecular weight is 652 g/mol. The average Bonchev–Trinajstić information content (AvgIpc) is 3.47. The van der Waals surface area contributed by atoms with Gasteiger partial charge >= 0.3 is 0 Å². The van der Waals surface area contributed by atoms with Crippen LogP contribution in [0.4, 0.5) is 17.1 Å². The summed E-state index contributed by atoms with van der Waals surface area (Å²) in [7, 11) is -2.70. The van der Waals surface area contributed by atoms with Crippen molar-refractivity contribution in [3.63, 3.8) is 0 Å². The van der Waals surface area contributed by atoms with Gasteiger partial charge in [0.25, 0.3) is 6.71 Å². The molecule has 3 aliphatic heterocycles. The lowest BCUT2D eigenvalue weighted by Gasteiger charge is -2.41. The van der Waals surface area contributed by atoms with E-state index in [1.54, 1.807) is 0 Å². The molecule has 3 aliphatic rings. The van der Waals surface area contributed by atoms with Gasteiger partial charge in [-0.25, -0.2) is 0 Å². The smallest absolute Gasteiger partial charge is 0.256 e. The van der Waals surface area contributed by atoms with E-state index in [0.717, 1.165) is 17.2 Å². The van der Waals surface area contributed by atoms with Crippen LogP contribution in [0.3, 0.4) is 0 Å². The number of benzene rings is 8. The van der Waals surface area contributed by atoms with Crippen molar-refractivity contribution in [1.29, 1.82) is 0 Å². The molecule has 11 rings (SSSR count). The highest BCUT2D eigenvalue weighted by molar-refractivity contribution is 7.22. The zero-order valence-corrected chi connectivity index (χ0v) is 28.3. The minimum absolute atomic E-state index is 0.0109. The van der Waals surface area contributed by atoms with Crippen LogP contribution in [-0.2, 0) is 0 Å². The number of hydrogen-bond acceptors (Lipinski definition) is 2. The third kappa shape index (κ3) is 3.69. The summed E-state index contributed by atoms with van der Waals surface area (Å²) >= 11 is 0. The van der Waals surface area contributed by atoms with Crippen LogP contribution in [0.2, 0.25) is 0 Å². The Kier molecular flexibility index (Phi) is 5.81. The van der Waals surface area contributed by atoms with E-state index in [9.17, 15) is 0 Å². The second kappa shape index (κ2) is 10.4. The summed E-state index contributed by atoms with van der Waals surface area (Å²) in [4.78, 5) is 2.47. The Labute approximate surface area is 293 Å². The van der Waals surface area contributed by atoms with Crippen LogP contribution in [0.1, 0.15) is 0 Å². The zero-order valence-electron chi connectivity index (χ0n) is 27.3. The molecule has 0 bridgehead atoms. The molecule has 8 aromatic carbocycles. The van der Waals surface area contributed by atoms with Crippen LogP contribution in [0.5, 0.6) is 11.5 Å². The van der Waals surface area contributed by atoms with E-state index in [2.05, 4.69) is 187 Å². The number of ether oxygens (including phenoxy) is 1. The van der Waals surface area contributed by atoms with Crippen LogP contribution >= 0.6 is 0 Å². The largest absolute Gasteiger partial charge is 0.458 e. The van der Waals surface area contributed by atoms with Crippen molar-refractivity contribution in [3.05, 3.63) is 182 Å². The van der Waals surface area contributed by atoms with E-state index in [1.807, 2.05) is 0 Å². The van der Waals surface area contributed by atoms with Crippen LogP contribution < -0.4 is 46.8 Å². The Morgan fingerprint density at radius 2 is 1.08 bits per heavy atom. The molecule has 0 saturated carbocycles. The lowest BCUT2D eigenvalue weighted by Crippen LogP contribution is -2.73. The maximum atomic E-state index is 6.84. The summed E-state index contributed by atoms with van der Waals surface area (Å²) in [5, 5.41) is 8.15. The molecule has 4 heteroatoms. The maximum absolute atomic E-state index is 6.84. The van der Waals surface area contributed by atoms with Crippen LogP contribution in [0.25, 0.3) is 21.9 Å². The molecule has 50 heavy (non-hydrogen) atoms. The predicted octanol–water partition coefficient (Wildman–Crippen LogP) is 6.60. The lowest BCUT2D eigenvalue weighted by atomic mass is 9.34. The maximum Gasteiger partial charge on any atom is 0.256 e. The van der Waals surface area contributed by atoms with Crippen LogP contribution in [0.15, 0.2) is 182 Å². The predicted molar refractivity (Wildman–Crippen MR) is 212 cm³/mol. The highest BCUT2D eigenvalue weighted by Gasteiger charge is 2.51. The normalized spacial score (nSPS) is 14.2. The standard InChI is InChI=1S/C46H30BNOSi/c1-4-17-33(18-5-1)48-40-24-14-25-42-46(40)47(39-27-31-15-10-11-16-32(31)28-43(39)49-42)38-30-45-37(29-41(38)48)36-23-12-13-26-44(36)50(45,34-19-6-2-7-20-34)35-21-8-3-9-22-35/h1-30H. The SMILES string of the molecule is c1ccc(N2c3cc4c(cc3B3c5cc6ccccc6cc5Oc5cccc2c53)[Si](c2ccccc2)(c2ccccc2)c2ccccc2-4)cc1. The quantitative estimate of drug-likeness (QED) is 0.200. The second-order valence-corrected chi connectivity index (χ2v) is 17.3. The summed E-state index contributed by atoms with van der Waals surface area (Å²) in [6.45, 7) is 0.0109. The molecule has 0 saturated heterocycles. The van der Waals surface area contributed by atoms with Gasteiger partial charge in [-0.05, 0) is 95.4 Å². The molecule has 0 N–H and O–H groups in total. The summed E-state index contributed by atoms with van der Waals surface area (Å²) in [5.74, 6) is 1.87. The molecule has 0 amide bonds. The molecule has 0 radical (unpaired) electrons. The van der Waals surface area contributed by atoms with Gasteiger partial charge in [0.1, 0.15) is 11.5 Å². The third-order valence-electron chi connectivity index (χ3n) is 11.2. The summed E-state index contributed by atoms with van der Waals surface area (Å²) < 4.78 is 6.84. The van der Waals surface area contributed by atoms with E-state index in [4.69, 9.17) is 4.74 Å². The van der Waals surface area contributed by atoms with E-state index in [0.29, 0.717) is 0 Å². The number of hydrogen-bond donors (Lipinski definition) is 0. The van der Waals surface area contributed by atoms with Gasteiger partial charge in [-0.15, -0.1) is 0 Å². The summed E-state index contributed by atoms with van der Waals surface area (Å²) in [6.07, 6.45) is 0. The lowest BCUT2D eigenvalue weighted by molar-refractivity contribution is 0.488. The van der Waals surface area contributed by atoms with Crippen molar-refractivity contribution >= 4 is 79.8 Å². The fourth-order valence-electron chi connectivity index (χ4n) is 9.16. The monoisotopic (exact) mass is 651 g/mol. The van der Waals surface area contributed by atoms with Crippen molar-refractivity contribution in [2.45, 2.75) is 0 Å². The first-order valence-corrected chi connectivity index (χ1v) is 19.4. The highest BCUT2D eigenvalue weighted by Crippen LogP contribution is 2.43. The first-order valence-electron chi connectivity index (χ1n) is 17.4. The fourth-order valence-corrected chi connectivity index (χ4v) is 14.4. The number of para-hydroxylation sites is 1. The summed E-state index contributed by atoms with van der Waals surface area (Å²) in [6, 6.07) is 67.6. The molecule has 2 nitrogen and oxygen atoms in total. The van der Waals surface area contributed by atoms with Crippen molar-refractivity contribution in [1.82, 2.24) is 0 Å². The van der Waals surface area contributed by atoms with Crippen molar-refractivity contribution < 1.29 is 4.74 Å². The fraction of sp³-hybridized carbons (Fsp3) is 0. The van der Waals surface area contributed by atoms with Gasteiger partial charge < -0.3 is 9.64 Å². The molecule has 0 atom stereocenters. The number of fused-ring (bicyclic) bond motifs is 8. The third-order valence-corrected chi connectivity index (χ3v) is 16.0. The molecule has 0 unspecified atom stereocenters. The Bertz CT molecular complexity index is 2600. The number of nitrogens with zero attached hydrogens (tertiary/aromatic N) is 1. The van der Waals surface area contributed by atoms with Gasteiger partial charge in [-0.1, -0.05) is 146 Å². The van der Waals surface area contributed by atoms with Gasteiger partial charge in [0.2, 0.25) is 0 Å². The molecule has 3 heterocycles. The Morgan fingerprint density at radius 1 is 0.440 bits per heavy atom. The molecule has 0 fully saturated rings. The van der Waals surface area contributed by atoms with Gasteiger partial charge in [0.05, 0.1) is 0 Å². The molecule has 0 spiro atoms. The van der Waals surface area contributed by atoms with Crippen LogP contribution in [0, 0.1) is 0 Å². The van der Waals surface area contributed by atoms with E-state index < -0.39 is 8.07 Å². The molecule has 232 valence electrons. The van der Waals surface area contributed by atoms with Gasteiger partial charge in [0, 0.05) is 17.1 Å². The molecule has 0 aliphatic carbocycles. The molecular weight excluding hydrogens is 621 g/mol. The first kappa shape index (κ1) is 27.8. The second-order valence-electron chi connectivity index (χ2n) is 13.6. The minimum Gasteiger partial charge on any atom is -0.458 e. The van der Waals surface area contributed by atoms with Crippen molar-refractivity contribution in [3.8, 4) is 22.6 Å². The highest BCUT2D eigenvalue weighted by atomic mass is 28.3. The van der Waals surface area contributed by atoms with Crippen molar-refractivity contribution in [2.75, 3.05) is 4.90 Å². The van der Waals surface area contributed by atoms with E-state index in [-0.39, 0.29) is 6.71 Å². The number of anilines is 3. The topological polar surface area (TPSA) is 12.5 Å². The summed E-state index contributed by atoms with van der Waals surface area (Å²) in [5.41, 5.74) is 10.0. The van der Waals surface area contributed by atoms with Gasteiger partial charge in [0.15, 0.2) is 8.07 Å². The molecule has 0 aromatic heterocycles. The zero-order chi connectivity index (χ0) is 32.8. The van der Waals surface area contributed by atoms with Gasteiger partial charge in [-0.3, -0.25) is 0 Å². The van der Waals surface area contributed by atoms with Crippen LogP contribution in [-0.4, -0.2) is 14.8 Å². The van der Waals surface area contributed by atoms with Crippen molar-refractivity contribution in [2.24, 2.45) is 0 Å². The molecular formula is C46H30BNOSi. The van der Waals surface area contributed by atoms with E-state index >= 15 is 0 Å². The Hall–Kier alpha value is -6.10. The first-order chi connectivity index (χ1) is 24.8. The minimum atomic E-state index is -2.70. The Balaban J connectivity index is 1.29. The number of rotatable bonds is 3. The van der Waals surface area contributed by atoms with E-state index in [1.165, 1.54) is 70.4 Å². The Morgan fingerprint density at radius 3 is 1.82 bits per heavy atom. The van der Waals surface area contributed by atoms with Gasteiger partial charge in [-0.2, -0.15) is 0 Å². The molecule has 8 aromatic rings.